The van der Waals surface area contributed by atoms with E-state index in [1.807, 2.05) is 52.8 Å². The third-order valence-corrected chi connectivity index (χ3v) is 5.77. The molecule has 0 unspecified atom stereocenters. The summed E-state index contributed by atoms with van der Waals surface area (Å²) in [5.41, 5.74) is 3.86. The van der Waals surface area contributed by atoms with Gasteiger partial charge >= 0.3 is 0 Å². The van der Waals surface area contributed by atoms with E-state index in [0.717, 1.165) is 41.9 Å². The van der Waals surface area contributed by atoms with Crippen LogP contribution in [0.3, 0.4) is 0 Å². The molecule has 4 rings (SSSR count). The first-order chi connectivity index (χ1) is 14.8. The summed E-state index contributed by atoms with van der Waals surface area (Å²) in [7, 11) is 0. The molecule has 0 aliphatic carbocycles. The summed E-state index contributed by atoms with van der Waals surface area (Å²) in [6.07, 6.45) is 8.49. The molecular formula is C24H24N4OS. The van der Waals surface area contributed by atoms with Gasteiger partial charge in [0, 0.05) is 36.1 Å². The first kappa shape index (κ1) is 20.0. The molecular weight excluding hydrogens is 392 g/mol. The molecule has 1 amide bonds. The third kappa shape index (κ3) is 5.21. The normalized spacial score (nSPS) is 10.8. The Morgan fingerprint density at radius 3 is 2.63 bits per heavy atom. The van der Waals surface area contributed by atoms with Gasteiger partial charge in [0.2, 0.25) is 0 Å². The van der Waals surface area contributed by atoms with Gasteiger partial charge in [-0.05, 0) is 48.1 Å². The maximum atomic E-state index is 12.8. The standard InChI is InChI=1S/C24H24N4OS/c29-24(26-13-4-3-8-23-25-15-17-30-23)22-7-2-1-6-21(22)20-11-9-19(10-12-20)18-28-16-5-14-27-28/h1-2,5-7,9-12,14-17H,3-4,8,13,18H2,(H,26,29). The number of carbonyl (C=O) groups is 1. The summed E-state index contributed by atoms with van der Waals surface area (Å²) in [5.74, 6) is -0.0273. The van der Waals surface area contributed by atoms with E-state index in [1.54, 1.807) is 17.5 Å². The van der Waals surface area contributed by atoms with Gasteiger partial charge < -0.3 is 5.32 Å². The Labute approximate surface area is 180 Å². The van der Waals surface area contributed by atoms with Gasteiger partial charge in [0.15, 0.2) is 0 Å². The van der Waals surface area contributed by atoms with Crippen LogP contribution in [0.2, 0.25) is 0 Å². The number of thiazole rings is 1. The van der Waals surface area contributed by atoms with E-state index in [1.165, 1.54) is 5.56 Å². The molecule has 4 aromatic rings. The van der Waals surface area contributed by atoms with Gasteiger partial charge in [-0.2, -0.15) is 5.10 Å². The van der Waals surface area contributed by atoms with E-state index >= 15 is 0 Å². The summed E-state index contributed by atoms with van der Waals surface area (Å²) in [6.45, 7) is 1.40. The topological polar surface area (TPSA) is 59.8 Å². The molecule has 2 aromatic carbocycles. The highest BCUT2D eigenvalue weighted by Gasteiger charge is 2.12. The van der Waals surface area contributed by atoms with Crippen LogP contribution in [-0.2, 0) is 13.0 Å². The number of aryl methyl sites for hydroxylation is 1. The number of nitrogens with one attached hydrogen (secondary N) is 1. The zero-order chi connectivity index (χ0) is 20.6. The van der Waals surface area contributed by atoms with Crippen molar-refractivity contribution in [2.45, 2.75) is 25.8 Å². The van der Waals surface area contributed by atoms with Crippen LogP contribution in [0, 0.1) is 0 Å². The smallest absolute Gasteiger partial charge is 0.251 e. The van der Waals surface area contributed by atoms with E-state index in [-0.39, 0.29) is 5.91 Å². The largest absolute Gasteiger partial charge is 0.352 e. The summed E-state index contributed by atoms with van der Waals surface area (Å²) < 4.78 is 1.89. The minimum Gasteiger partial charge on any atom is -0.352 e. The van der Waals surface area contributed by atoms with Crippen molar-refractivity contribution in [3.8, 4) is 11.1 Å². The minimum atomic E-state index is -0.0273. The van der Waals surface area contributed by atoms with Crippen molar-refractivity contribution < 1.29 is 4.79 Å². The summed E-state index contributed by atoms with van der Waals surface area (Å²) in [4.78, 5) is 17.1. The van der Waals surface area contributed by atoms with Gasteiger partial charge in [-0.25, -0.2) is 4.98 Å². The molecule has 0 radical (unpaired) electrons. The molecule has 5 nitrogen and oxygen atoms in total. The number of aromatic nitrogens is 3. The summed E-state index contributed by atoms with van der Waals surface area (Å²) in [6, 6.07) is 18.0. The van der Waals surface area contributed by atoms with Crippen molar-refractivity contribution in [1.82, 2.24) is 20.1 Å². The van der Waals surface area contributed by atoms with Crippen molar-refractivity contribution in [3.63, 3.8) is 0 Å². The number of benzene rings is 2. The lowest BCUT2D eigenvalue weighted by atomic mass is 9.98. The van der Waals surface area contributed by atoms with Crippen LogP contribution < -0.4 is 5.32 Å². The quantitative estimate of drug-likeness (QED) is 0.399. The predicted octanol–water partition coefficient (Wildman–Crippen LogP) is 4.81. The molecule has 0 aliphatic heterocycles. The number of amides is 1. The molecule has 30 heavy (non-hydrogen) atoms. The lowest BCUT2D eigenvalue weighted by Gasteiger charge is -2.11. The monoisotopic (exact) mass is 416 g/mol. The molecule has 2 aromatic heterocycles. The number of carbonyl (C=O) groups excluding carboxylic acids is 1. The molecule has 0 saturated carbocycles. The fraction of sp³-hybridized carbons (Fsp3) is 0.208. The first-order valence-corrected chi connectivity index (χ1v) is 11.0. The van der Waals surface area contributed by atoms with E-state index < -0.39 is 0 Å². The minimum absolute atomic E-state index is 0.0273. The number of nitrogens with zero attached hydrogens (tertiary/aromatic N) is 3. The Balaban J connectivity index is 1.36. The average molecular weight is 417 g/mol. The van der Waals surface area contributed by atoms with Crippen molar-refractivity contribution in [3.05, 3.63) is 94.7 Å². The van der Waals surface area contributed by atoms with Crippen LogP contribution in [0.1, 0.15) is 33.8 Å². The van der Waals surface area contributed by atoms with Crippen LogP contribution in [0.25, 0.3) is 11.1 Å². The molecule has 6 heteroatoms. The van der Waals surface area contributed by atoms with Crippen LogP contribution in [0.15, 0.2) is 78.6 Å². The van der Waals surface area contributed by atoms with Crippen molar-refractivity contribution in [1.29, 1.82) is 0 Å². The highest BCUT2D eigenvalue weighted by atomic mass is 32.1. The number of hydrogen-bond donors (Lipinski definition) is 1. The second kappa shape index (κ2) is 9.98. The van der Waals surface area contributed by atoms with E-state index in [2.05, 4.69) is 39.7 Å². The van der Waals surface area contributed by atoms with Crippen molar-refractivity contribution in [2.75, 3.05) is 6.54 Å². The molecule has 0 atom stereocenters. The van der Waals surface area contributed by atoms with Gasteiger partial charge in [0.1, 0.15) is 0 Å². The second-order valence-electron chi connectivity index (χ2n) is 7.08. The molecule has 0 fully saturated rings. The fourth-order valence-electron chi connectivity index (χ4n) is 3.38. The maximum absolute atomic E-state index is 12.8. The van der Waals surface area contributed by atoms with Gasteiger partial charge in [-0.3, -0.25) is 9.48 Å². The van der Waals surface area contributed by atoms with E-state index in [0.29, 0.717) is 12.1 Å². The molecule has 0 aliphatic rings. The van der Waals surface area contributed by atoms with Crippen molar-refractivity contribution >= 4 is 17.2 Å². The predicted molar refractivity (Wildman–Crippen MR) is 121 cm³/mol. The summed E-state index contributed by atoms with van der Waals surface area (Å²) >= 11 is 1.68. The Bertz CT molecular complexity index is 1060. The number of hydrogen-bond acceptors (Lipinski definition) is 4. The lowest BCUT2D eigenvalue weighted by molar-refractivity contribution is 0.0953. The lowest BCUT2D eigenvalue weighted by Crippen LogP contribution is -2.25. The van der Waals surface area contributed by atoms with Gasteiger partial charge in [-0.1, -0.05) is 42.5 Å². The molecule has 0 bridgehead atoms. The SMILES string of the molecule is O=C(NCCCCc1nccs1)c1ccccc1-c1ccc(Cn2cccn2)cc1. The van der Waals surface area contributed by atoms with Crippen LogP contribution in [-0.4, -0.2) is 27.2 Å². The van der Waals surface area contributed by atoms with Gasteiger partial charge in [-0.15, -0.1) is 11.3 Å². The van der Waals surface area contributed by atoms with Gasteiger partial charge in [0.05, 0.1) is 11.6 Å². The Morgan fingerprint density at radius 2 is 1.87 bits per heavy atom. The number of unbranched alkanes of at least 4 members (excludes halogenated alkanes) is 1. The van der Waals surface area contributed by atoms with E-state index in [4.69, 9.17) is 0 Å². The van der Waals surface area contributed by atoms with Crippen LogP contribution >= 0.6 is 11.3 Å². The fourth-order valence-corrected chi connectivity index (χ4v) is 4.04. The van der Waals surface area contributed by atoms with Gasteiger partial charge in [0.25, 0.3) is 5.91 Å². The highest BCUT2D eigenvalue weighted by molar-refractivity contribution is 7.09. The Kier molecular flexibility index (Phi) is 6.67. The Morgan fingerprint density at radius 1 is 1.00 bits per heavy atom. The Hall–Kier alpha value is -3.25. The highest BCUT2D eigenvalue weighted by Crippen LogP contribution is 2.24. The average Bonchev–Trinajstić information content (AvgIpc) is 3.48. The molecule has 2 heterocycles. The zero-order valence-corrected chi connectivity index (χ0v) is 17.5. The first-order valence-electron chi connectivity index (χ1n) is 10.1. The van der Waals surface area contributed by atoms with Crippen LogP contribution in [0.5, 0.6) is 0 Å². The van der Waals surface area contributed by atoms with E-state index in [9.17, 15) is 4.79 Å². The molecule has 0 saturated heterocycles. The van der Waals surface area contributed by atoms with Crippen molar-refractivity contribution in [2.24, 2.45) is 0 Å². The zero-order valence-electron chi connectivity index (χ0n) is 16.7. The maximum Gasteiger partial charge on any atom is 0.251 e. The van der Waals surface area contributed by atoms with Crippen LogP contribution in [0.4, 0.5) is 0 Å². The third-order valence-electron chi connectivity index (χ3n) is 4.93. The number of rotatable bonds is 9. The molecule has 152 valence electrons. The summed E-state index contributed by atoms with van der Waals surface area (Å²) in [5, 5.41) is 10.5. The second-order valence-corrected chi connectivity index (χ2v) is 8.06. The molecule has 1 N–H and O–H groups in total. The molecule has 0 spiro atoms.